The van der Waals surface area contributed by atoms with Crippen LogP contribution in [-0.4, -0.2) is 4.01 Å². The second kappa shape index (κ2) is 3.64. The summed E-state index contributed by atoms with van der Waals surface area (Å²) in [6, 6.07) is 7.84. The monoisotopic (exact) mass is 326 g/mol. The molecular weight excluding hydrogens is 319 g/mol. The van der Waals surface area contributed by atoms with Gasteiger partial charge in [-0.2, -0.15) is 0 Å². The van der Waals surface area contributed by atoms with Gasteiger partial charge in [0.25, 0.3) is 0 Å². The Morgan fingerprint density at radius 1 is 1.20 bits per heavy atom. The molecule has 0 radical (unpaired) electrons. The fourth-order valence-electron chi connectivity index (χ4n) is 1.61. The van der Waals surface area contributed by atoms with E-state index in [1.165, 1.54) is 0 Å². The molecule has 15 heavy (non-hydrogen) atoms. The number of fused-ring (bicyclic) bond motifs is 2. The highest BCUT2D eigenvalue weighted by molar-refractivity contribution is 14.2. The van der Waals surface area contributed by atoms with Crippen LogP contribution in [0.3, 0.4) is 0 Å². The zero-order valence-electron chi connectivity index (χ0n) is 7.74. The van der Waals surface area contributed by atoms with Gasteiger partial charge in [-0.1, -0.05) is 32.9 Å². The van der Waals surface area contributed by atoms with Crippen LogP contribution in [0.5, 0.6) is 0 Å². The Hall–Kier alpha value is -0.810. The van der Waals surface area contributed by atoms with Crippen molar-refractivity contribution < 1.29 is 0 Å². The molecule has 1 nitrogen and oxygen atoms in total. The first-order valence-electron chi connectivity index (χ1n) is 4.54. The lowest BCUT2D eigenvalue weighted by atomic mass is 10.1. The first-order chi connectivity index (χ1) is 7.36. The first-order valence-corrected chi connectivity index (χ1v) is 7.84. The van der Waals surface area contributed by atoms with Gasteiger partial charge >= 0.3 is 0 Å². The molecule has 74 valence electrons. The molecule has 0 atom stereocenters. The molecule has 0 saturated heterocycles. The lowest BCUT2D eigenvalue weighted by Crippen LogP contribution is -2.07. The van der Waals surface area contributed by atoms with Crippen molar-refractivity contribution in [2.75, 3.05) is 0 Å². The highest BCUT2D eigenvalue weighted by Crippen LogP contribution is 2.25. The average molecular weight is 326 g/mol. The molecule has 1 aliphatic rings. The molecule has 0 saturated carbocycles. The van der Waals surface area contributed by atoms with Crippen LogP contribution in [-0.2, 0) is 0 Å². The summed E-state index contributed by atoms with van der Waals surface area (Å²) in [5.74, 6) is 0. The molecule has 3 rings (SSSR count). The number of halogens is 1. The van der Waals surface area contributed by atoms with Gasteiger partial charge in [0.15, 0.2) is 5.43 Å². The number of benzene rings is 1. The maximum absolute atomic E-state index is 12.1. The standard InChI is InChI=1S/C12H7IOS/c14-12-8-3-1-2-4-10(8)15-11-7-13-6-5-9(11)12/h1-7H. The van der Waals surface area contributed by atoms with Gasteiger partial charge in [-0.3, -0.25) is 4.79 Å². The van der Waals surface area contributed by atoms with Gasteiger partial charge in [-0.05, 0) is 26.3 Å². The minimum Gasteiger partial charge on any atom is -0.289 e. The number of rotatable bonds is 0. The molecular formula is C12H7IOS. The summed E-state index contributed by atoms with van der Waals surface area (Å²) < 4.78 is 5.47. The van der Waals surface area contributed by atoms with Gasteiger partial charge < -0.3 is 0 Å². The normalized spacial score (nSPS) is 13.6. The Morgan fingerprint density at radius 2 is 2.07 bits per heavy atom. The summed E-state index contributed by atoms with van der Waals surface area (Å²) in [4.78, 5) is 13.3. The lowest BCUT2D eigenvalue weighted by Gasteiger charge is -2.04. The molecule has 1 aromatic heterocycles. The van der Waals surface area contributed by atoms with Crippen molar-refractivity contribution in [2.24, 2.45) is 0 Å². The van der Waals surface area contributed by atoms with E-state index in [1.807, 2.05) is 30.3 Å². The molecule has 0 bridgehead atoms. The van der Waals surface area contributed by atoms with E-state index < -0.39 is 0 Å². The van der Waals surface area contributed by atoms with E-state index in [9.17, 15) is 4.79 Å². The number of hydrogen-bond acceptors (Lipinski definition) is 2. The highest BCUT2D eigenvalue weighted by Gasteiger charge is 2.09. The SMILES string of the molecule is O=c1c2c(sc3ccccc13)C=IC=C2. The molecule has 1 aliphatic heterocycles. The predicted octanol–water partition coefficient (Wildman–Crippen LogP) is 3.37. The zero-order valence-corrected chi connectivity index (χ0v) is 10.7. The largest absolute Gasteiger partial charge is 0.289 e. The smallest absolute Gasteiger partial charge is 0.195 e. The van der Waals surface area contributed by atoms with Crippen LogP contribution in [0.15, 0.2) is 33.1 Å². The van der Waals surface area contributed by atoms with Gasteiger partial charge in [0, 0.05) is 20.5 Å². The Labute approximate surface area is 101 Å². The predicted molar refractivity (Wildman–Crippen MR) is 76.3 cm³/mol. The van der Waals surface area contributed by atoms with E-state index in [2.05, 4.69) is 8.09 Å². The van der Waals surface area contributed by atoms with Gasteiger partial charge in [0.1, 0.15) is 0 Å². The third kappa shape index (κ3) is 1.50. The van der Waals surface area contributed by atoms with Crippen LogP contribution in [0.25, 0.3) is 16.2 Å². The van der Waals surface area contributed by atoms with E-state index in [1.54, 1.807) is 11.3 Å². The molecule has 0 aliphatic carbocycles. The van der Waals surface area contributed by atoms with E-state index in [0.717, 1.165) is 20.5 Å². The quantitative estimate of drug-likeness (QED) is 0.679. The van der Waals surface area contributed by atoms with Gasteiger partial charge in [-0.25, -0.2) is 0 Å². The topological polar surface area (TPSA) is 17.1 Å². The summed E-state index contributed by atoms with van der Waals surface area (Å²) in [7, 11) is 0. The van der Waals surface area contributed by atoms with Crippen LogP contribution in [0.2, 0.25) is 0 Å². The second-order valence-corrected chi connectivity index (χ2v) is 6.38. The molecule has 0 unspecified atom stereocenters. The second-order valence-electron chi connectivity index (χ2n) is 3.23. The van der Waals surface area contributed by atoms with Crippen molar-refractivity contribution in [3.63, 3.8) is 0 Å². The maximum Gasteiger partial charge on any atom is 0.195 e. The Kier molecular flexibility index (Phi) is 2.29. The molecule has 3 heteroatoms. The summed E-state index contributed by atoms with van der Waals surface area (Å²) in [6.45, 7) is 0. The summed E-state index contributed by atoms with van der Waals surface area (Å²) >= 11 is 1.75. The Morgan fingerprint density at radius 3 is 3.00 bits per heavy atom. The third-order valence-corrected chi connectivity index (χ3v) is 5.64. The molecule has 0 N–H and O–H groups in total. The molecule has 1 aromatic carbocycles. The van der Waals surface area contributed by atoms with E-state index in [4.69, 9.17) is 0 Å². The molecule has 0 fully saturated rings. The van der Waals surface area contributed by atoms with Crippen molar-refractivity contribution in [1.82, 2.24) is 0 Å². The first kappa shape index (κ1) is 9.42. The molecule has 2 aromatic rings. The lowest BCUT2D eigenvalue weighted by molar-refractivity contribution is 1.66. The van der Waals surface area contributed by atoms with E-state index in [-0.39, 0.29) is 26.2 Å². The summed E-state index contributed by atoms with van der Waals surface area (Å²) in [6.07, 6.45) is 1.99. The fraction of sp³-hybridized carbons (Fsp3) is 0. The minimum absolute atomic E-state index is 0.0223. The van der Waals surface area contributed by atoms with Crippen LogP contribution >= 0.6 is 32.1 Å². The van der Waals surface area contributed by atoms with Gasteiger partial charge in [0.05, 0.1) is 0 Å². The molecule has 0 amide bonds. The van der Waals surface area contributed by atoms with Crippen LogP contribution in [0, 0.1) is 0 Å². The van der Waals surface area contributed by atoms with Crippen molar-refractivity contribution in [2.45, 2.75) is 0 Å². The van der Waals surface area contributed by atoms with E-state index in [0.29, 0.717) is 0 Å². The molecule has 2 heterocycles. The Bertz CT molecular complexity index is 652. The van der Waals surface area contributed by atoms with Crippen molar-refractivity contribution in [3.05, 3.63) is 49.0 Å². The summed E-state index contributed by atoms with van der Waals surface area (Å²) in [5.41, 5.74) is 1.06. The molecule has 0 spiro atoms. The van der Waals surface area contributed by atoms with Crippen molar-refractivity contribution >= 4 is 52.2 Å². The number of hydrogen-bond donors (Lipinski definition) is 0. The van der Waals surface area contributed by atoms with Crippen molar-refractivity contribution in [3.8, 4) is 0 Å². The summed E-state index contributed by atoms with van der Waals surface area (Å²) in [5, 5.41) is 0.847. The maximum atomic E-state index is 12.1. The van der Waals surface area contributed by atoms with E-state index >= 15 is 0 Å². The minimum atomic E-state index is 0.0223. The average Bonchev–Trinajstić information content (AvgIpc) is 2.30. The Balaban J connectivity index is 2.54. The van der Waals surface area contributed by atoms with Gasteiger partial charge in [0.2, 0.25) is 0 Å². The van der Waals surface area contributed by atoms with Gasteiger partial charge in [-0.15, -0.1) is 11.3 Å². The fourth-order valence-corrected chi connectivity index (χ4v) is 4.74. The zero-order chi connectivity index (χ0) is 10.3. The van der Waals surface area contributed by atoms with Crippen molar-refractivity contribution in [1.29, 1.82) is 0 Å². The van der Waals surface area contributed by atoms with Crippen LogP contribution in [0.4, 0.5) is 0 Å². The van der Waals surface area contributed by atoms with Crippen LogP contribution in [0.1, 0.15) is 10.4 Å². The third-order valence-electron chi connectivity index (χ3n) is 2.33. The van der Waals surface area contributed by atoms with Crippen LogP contribution < -0.4 is 5.43 Å². The highest BCUT2D eigenvalue weighted by atomic mass is 127.